The van der Waals surface area contributed by atoms with Crippen molar-refractivity contribution in [1.82, 2.24) is 0 Å². The van der Waals surface area contributed by atoms with Crippen molar-refractivity contribution in [3.63, 3.8) is 0 Å². The first-order valence-electron chi connectivity index (χ1n) is 9.45. The Bertz CT molecular complexity index is 806. The predicted molar refractivity (Wildman–Crippen MR) is 116 cm³/mol. The fourth-order valence-electron chi connectivity index (χ4n) is 2.72. The predicted octanol–water partition coefficient (Wildman–Crippen LogP) is 5.73. The Labute approximate surface area is 172 Å². The van der Waals surface area contributed by atoms with Crippen LogP contribution in [0.1, 0.15) is 39.7 Å². The number of hydrogen-bond acceptors (Lipinski definition) is 4. The van der Waals surface area contributed by atoms with Crippen LogP contribution in [0.4, 0.5) is 11.4 Å². The van der Waals surface area contributed by atoms with Crippen molar-refractivity contribution in [2.45, 2.75) is 46.8 Å². The average Bonchev–Trinajstić information content (AvgIpc) is 2.61. The molecule has 0 bridgehead atoms. The van der Waals surface area contributed by atoms with Crippen LogP contribution < -0.4 is 20.1 Å². The molecule has 0 spiro atoms. The zero-order valence-corrected chi connectivity index (χ0v) is 17.9. The molecule has 152 valence electrons. The quantitative estimate of drug-likeness (QED) is 0.560. The van der Waals surface area contributed by atoms with E-state index in [1.54, 1.807) is 7.11 Å². The monoisotopic (exact) mass is 404 g/mol. The summed E-state index contributed by atoms with van der Waals surface area (Å²) in [6.07, 6.45) is 0.504. The molecule has 2 aromatic carbocycles. The third kappa shape index (κ3) is 6.64. The molecule has 2 N–H and O–H groups in total. The first kappa shape index (κ1) is 21.9. The minimum atomic E-state index is 0.00372. The molecular formula is C22H29ClN2O3. The summed E-state index contributed by atoms with van der Waals surface area (Å²) in [5.74, 6) is 1.50. The molecule has 0 heterocycles. The van der Waals surface area contributed by atoms with E-state index < -0.39 is 0 Å². The molecule has 1 amide bonds. The van der Waals surface area contributed by atoms with Crippen LogP contribution in [0.5, 0.6) is 11.5 Å². The number of halogens is 1. The van der Waals surface area contributed by atoms with Gasteiger partial charge in [0.25, 0.3) is 0 Å². The Hall–Kier alpha value is -2.40. The van der Waals surface area contributed by atoms with Crippen LogP contribution in [0, 0.1) is 5.92 Å². The van der Waals surface area contributed by atoms with Gasteiger partial charge in [0.1, 0.15) is 0 Å². The molecule has 0 fully saturated rings. The Morgan fingerprint density at radius 2 is 1.82 bits per heavy atom. The number of rotatable bonds is 9. The van der Waals surface area contributed by atoms with Crippen LogP contribution in [-0.4, -0.2) is 19.1 Å². The van der Waals surface area contributed by atoms with Crippen LogP contribution in [0.25, 0.3) is 0 Å². The Morgan fingerprint density at radius 3 is 2.46 bits per heavy atom. The van der Waals surface area contributed by atoms with Gasteiger partial charge in [0, 0.05) is 24.3 Å². The molecule has 0 aliphatic rings. The molecule has 0 atom stereocenters. The lowest BCUT2D eigenvalue weighted by atomic mass is 10.1. The maximum atomic E-state index is 12.0. The SMILES string of the molecule is COc1cc(CNc2cccc(NC(=O)CC(C)C)c2)cc(Cl)c1OC(C)C. The normalized spacial score (nSPS) is 10.9. The van der Waals surface area contributed by atoms with Crippen molar-refractivity contribution in [2.24, 2.45) is 5.92 Å². The van der Waals surface area contributed by atoms with Gasteiger partial charge in [0.05, 0.1) is 18.2 Å². The van der Waals surface area contributed by atoms with Crippen molar-refractivity contribution in [1.29, 1.82) is 0 Å². The maximum Gasteiger partial charge on any atom is 0.224 e. The van der Waals surface area contributed by atoms with Crippen molar-refractivity contribution >= 4 is 28.9 Å². The van der Waals surface area contributed by atoms with Crippen LogP contribution in [-0.2, 0) is 11.3 Å². The van der Waals surface area contributed by atoms with E-state index in [-0.39, 0.29) is 12.0 Å². The van der Waals surface area contributed by atoms with Gasteiger partial charge in [-0.25, -0.2) is 0 Å². The van der Waals surface area contributed by atoms with Gasteiger partial charge in [-0.1, -0.05) is 31.5 Å². The maximum absolute atomic E-state index is 12.0. The van der Waals surface area contributed by atoms with Crippen molar-refractivity contribution in [3.05, 3.63) is 47.0 Å². The highest BCUT2D eigenvalue weighted by Crippen LogP contribution is 2.37. The molecule has 0 aliphatic heterocycles. The van der Waals surface area contributed by atoms with E-state index in [1.807, 2.05) is 64.1 Å². The summed E-state index contributed by atoms with van der Waals surface area (Å²) >= 11 is 6.38. The highest BCUT2D eigenvalue weighted by atomic mass is 35.5. The standard InChI is InChI=1S/C22H29ClN2O3/c1-14(2)9-21(26)25-18-8-6-7-17(12-18)24-13-16-10-19(23)22(28-15(3)4)20(11-16)27-5/h6-8,10-12,14-15,24H,9,13H2,1-5H3,(H,25,26). The zero-order valence-electron chi connectivity index (χ0n) is 17.1. The molecule has 2 aromatic rings. The Kier molecular flexibility index (Phi) is 8.00. The van der Waals surface area contributed by atoms with Gasteiger partial charge < -0.3 is 20.1 Å². The molecule has 28 heavy (non-hydrogen) atoms. The Balaban J connectivity index is 2.06. The van der Waals surface area contributed by atoms with E-state index in [9.17, 15) is 4.79 Å². The largest absolute Gasteiger partial charge is 0.493 e. The van der Waals surface area contributed by atoms with Gasteiger partial charge in [-0.3, -0.25) is 4.79 Å². The third-order valence-electron chi connectivity index (χ3n) is 3.88. The molecule has 6 heteroatoms. The second-order valence-corrected chi connectivity index (χ2v) is 7.76. The first-order valence-corrected chi connectivity index (χ1v) is 9.83. The molecule has 0 aliphatic carbocycles. The number of methoxy groups -OCH3 is 1. The summed E-state index contributed by atoms with van der Waals surface area (Å²) in [6.45, 7) is 8.49. The average molecular weight is 405 g/mol. The molecule has 0 saturated carbocycles. The molecule has 0 unspecified atom stereocenters. The summed E-state index contributed by atoms with van der Waals surface area (Å²) in [5, 5.41) is 6.79. The molecule has 0 saturated heterocycles. The first-order chi connectivity index (χ1) is 13.3. The fraction of sp³-hybridized carbons (Fsp3) is 0.409. The van der Waals surface area contributed by atoms with Gasteiger partial charge in [0.15, 0.2) is 11.5 Å². The number of anilines is 2. The number of hydrogen-bond donors (Lipinski definition) is 2. The lowest BCUT2D eigenvalue weighted by Crippen LogP contribution is -2.13. The number of carbonyl (C=O) groups is 1. The molecule has 0 aromatic heterocycles. The van der Waals surface area contributed by atoms with Crippen LogP contribution in [0.15, 0.2) is 36.4 Å². The highest BCUT2D eigenvalue weighted by Gasteiger charge is 2.13. The van der Waals surface area contributed by atoms with Gasteiger partial charge in [0.2, 0.25) is 5.91 Å². The van der Waals surface area contributed by atoms with Crippen LogP contribution in [0.2, 0.25) is 5.02 Å². The lowest BCUT2D eigenvalue weighted by Gasteiger charge is -2.17. The summed E-state index contributed by atoms with van der Waals surface area (Å²) in [7, 11) is 1.60. The number of carbonyl (C=O) groups excluding carboxylic acids is 1. The van der Waals surface area contributed by atoms with E-state index in [2.05, 4.69) is 10.6 Å². The minimum absolute atomic E-state index is 0.00372. The van der Waals surface area contributed by atoms with Crippen molar-refractivity contribution in [2.75, 3.05) is 17.7 Å². The molecule has 0 radical (unpaired) electrons. The lowest BCUT2D eigenvalue weighted by molar-refractivity contribution is -0.116. The van der Waals surface area contributed by atoms with Gasteiger partial charge in [-0.2, -0.15) is 0 Å². The van der Waals surface area contributed by atoms with Gasteiger partial charge in [-0.05, 0) is 55.7 Å². The zero-order chi connectivity index (χ0) is 20.7. The van der Waals surface area contributed by atoms with Crippen molar-refractivity contribution in [3.8, 4) is 11.5 Å². The number of benzene rings is 2. The van der Waals surface area contributed by atoms with E-state index in [1.165, 1.54) is 0 Å². The summed E-state index contributed by atoms with van der Waals surface area (Å²) < 4.78 is 11.2. The summed E-state index contributed by atoms with van der Waals surface area (Å²) in [5.41, 5.74) is 2.64. The minimum Gasteiger partial charge on any atom is -0.493 e. The third-order valence-corrected chi connectivity index (χ3v) is 4.16. The Morgan fingerprint density at radius 1 is 1.11 bits per heavy atom. The second-order valence-electron chi connectivity index (χ2n) is 7.36. The van der Waals surface area contributed by atoms with Gasteiger partial charge in [-0.15, -0.1) is 0 Å². The summed E-state index contributed by atoms with van der Waals surface area (Å²) in [4.78, 5) is 12.0. The van der Waals surface area contributed by atoms with Crippen molar-refractivity contribution < 1.29 is 14.3 Å². The van der Waals surface area contributed by atoms with E-state index in [0.717, 1.165) is 16.9 Å². The number of nitrogens with one attached hydrogen (secondary N) is 2. The molecular weight excluding hydrogens is 376 g/mol. The smallest absolute Gasteiger partial charge is 0.224 e. The van der Waals surface area contributed by atoms with Gasteiger partial charge >= 0.3 is 0 Å². The fourth-order valence-corrected chi connectivity index (χ4v) is 3.00. The summed E-state index contributed by atoms with van der Waals surface area (Å²) in [6, 6.07) is 11.4. The number of ether oxygens (including phenoxy) is 2. The molecule has 2 rings (SSSR count). The van der Waals surface area contributed by atoms with Crippen LogP contribution >= 0.6 is 11.6 Å². The second kappa shape index (κ2) is 10.2. The van der Waals surface area contributed by atoms with Crippen LogP contribution in [0.3, 0.4) is 0 Å². The molecule has 5 nitrogen and oxygen atoms in total. The topological polar surface area (TPSA) is 59.6 Å². The van der Waals surface area contributed by atoms with E-state index in [4.69, 9.17) is 21.1 Å². The number of amides is 1. The highest BCUT2D eigenvalue weighted by molar-refractivity contribution is 6.32. The van der Waals surface area contributed by atoms with E-state index in [0.29, 0.717) is 35.4 Å². The van der Waals surface area contributed by atoms with E-state index >= 15 is 0 Å².